The highest BCUT2D eigenvalue weighted by Crippen LogP contribution is 2.42. The van der Waals surface area contributed by atoms with E-state index in [2.05, 4.69) is 37.8 Å². The summed E-state index contributed by atoms with van der Waals surface area (Å²) in [4.78, 5) is 14.8. The number of hydrogen-bond acceptors (Lipinski definition) is 3. The topological polar surface area (TPSA) is 38.8 Å². The van der Waals surface area contributed by atoms with Crippen molar-refractivity contribution in [3.8, 4) is 11.5 Å². The molecule has 1 amide bonds. The molecule has 1 aromatic carbocycles. The minimum Gasteiger partial charge on any atom is -0.454 e. The number of benzene rings is 1. The molecular weight excluding hydrogens is 278 g/mol. The van der Waals surface area contributed by atoms with Gasteiger partial charge in [-0.1, -0.05) is 20.8 Å². The van der Waals surface area contributed by atoms with E-state index < -0.39 is 0 Å². The number of nitrogens with zero attached hydrogens (tertiary/aromatic N) is 1. The van der Waals surface area contributed by atoms with Crippen LogP contribution in [0.1, 0.15) is 44.7 Å². The van der Waals surface area contributed by atoms with Crippen LogP contribution in [0, 0.1) is 11.3 Å². The fourth-order valence-electron chi connectivity index (χ4n) is 3.55. The summed E-state index contributed by atoms with van der Waals surface area (Å²) in [6, 6.07) is 4.41. The molecule has 3 aliphatic rings. The third-order valence-electron chi connectivity index (χ3n) is 5.03. The lowest BCUT2D eigenvalue weighted by molar-refractivity contribution is -0.138. The average molecular weight is 301 g/mol. The maximum Gasteiger partial charge on any atom is 0.231 e. The summed E-state index contributed by atoms with van der Waals surface area (Å²) in [7, 11) is 0. The lowest BCUT2D eigenvalue weighted by Crippen LogP contribution is -2.51. The molecule has 4 rings (SSSR count). The van der Waals surface area contributed by atoms with Crippen molar-refractivity contribution < 1.29 is 14.3 Å². The van der Waals surface area contributed by atoms with Crippen LogP contribution in [0.5, 0.6) is 11.5 Å². The fraction of sp³-hybridized carbons (Fsp3) is 0.611. The number of fused-ring (bicyclic) bond motifs is 2. The van der Waals surface area contributed by atoms with Gasteiger partial charge in [0.25, 0.3) is 0 Å². The van der Waals surface area contributed by atoms with Gasteiger partial charge in [0.2, 0.25) is 12.7 Å². The summed E-state index contributed by atoms with van der Waals surface area (Å²) in [5.41, 5.74) is 2.57. The molecule has 0 aromatic heterocycles. The monoisotopic (exact) mass is 301 g/mol. The number of carbonyl (C=O) groups excluding carboxylic acids is 1. The molecule has 1 unspecified atom stereocenters. The number of carbonyl (C=O) groups is 1. The normalized spacial score (nSPS) is 23.4. The van der Waals surface area contributed by atoms with Gasteiger partial charge in [-0.25, -0.2) is 0 Å². The van der Waals surface area contributed by atoms with E-state index in [1.54, 1.807) is 0 Å². The maximum absolute atomic E-state index is 12.7. The van der Waals surface area contributed by atoms with E-state index in [1.807, 2.05) is 0 Å². The molecule has 0 N–H and O–H groups in total. The molecule has 1 atom stereocenters. The number of ether oxygens (including phenoxy) is 2. The van der Waals surface area contributed by atoms with Crippen molar-refractivity contribution in [2.24, 2.45) is 11.3 Å². The Kier molecular flexibility index (Phi) is 2.94. The fourth-order valence-corrected chi connectivity index (χ4v) is 3.55. The highest BCUT2D eigenvalue weighted by Gasteiger charge is 2.42. The van der Waals surface area contributed by atoms with Crippen LogP contribution in [0.15, 0.2) is 12.1 Å². The van der Waals surface area contributed by atoms with E-state index in [-0.39, 0.29) is 17.4 Å². The standard InChI is InChI=1S/C18H23NO3/c1-18(2,3)16-8-12-6-14-15(22-10-21-14)7-13(12)9-19(16)17(20)11-4-5-11/h6-7,11,16H,4-5,8-10H2,1-3H3. The summed E-state index contributed by atoms with van der Waals surface area (Å²) in [6.45, 7) is 7.67. The molecule has 2 aliphatic heterocycles. The second-order valence-corrected chi connectivity index (χ2v) is 7.80. The van der Waals surface area contributed by atoms with Crippen LogP contribution in [0.4, 0.5) is 0 Å². The van der Waals surface area contributed by atoms with Gasteiger partial charge < -0.3 is 14.4 Å². The van der Waals surface area contributed by atoms with Crippen molar-refractivity contribution in [3.05, 3.63) is 23.3 Å². The Labute approximate surface area is 131 Å². The Balaban J connectivity index is 1.71. The van der Waals surface area contributed by atoms with Crippen molar-refractivity contribution >= 4 is 5.91 Å². The molecule has 118 valence electrons. The van der Waals surface area contributed by atoms with Crippen LogP contribution in [-0.4, -0.2) is 23.6 Å². The van der Waals surface area contributed by atoms with Gasteiger partial charge >= 0.3 is 0 Å². The van der Waals surface area contributed by atoms with Crippen LogP contribution in [-0.2, 0) is 17.8 Å². The summed E-state index contributed by atoms with van der Waals surface area (Å²) in [5, 5.41) is 0. The maximum atomic E-state index is 12.7. The Bertz CT molecular complexity index is 628. The molecule has 0 spiro atoms. The van der Waals surface area contributed by atoms with E-state index in [0.29, 0.717) is 19.2 Å². The molecule has 1 aliphatic carbocycles. The minimum atomic E-state index is 0.0681. The third-order valence-corrected chi connectivity index (χ3v) is 5.03. The van der Waals surface area contributed by atoms with Gasteiger partial charge in [0.15, 0.2) is 11.5 Å². The average Bonchev–Trinajstić information content (AvgIpc) is 3.21. The van der Waals surface area contributed by atoms with Crippen LogP contribution in [0.2, 0.25) is 0 Å². The lowest BCUT2D eigenvalue weighted by atomic mass is 9.78. The summed E-state index contributed by atoms with van der Waals surface area (Å²) >= 11 is 0. The van der Waals surface area contributed by atoms with Crippen LogP contribution >= 0.6 is 0 Å². The molecule has 0 bridgehead atoms. The van der Waals surface area contributed by atoms with Gasteiger partial charge in [-0.15, -0.1) is 0 Å². The van der Waals surface area contributed by atoms with E-state index in [4.69, 9.17) is 9.47 Å². The highest BCUT2D eigenvalue weighted by molar-refractivity contribution is 5.81. The van der Waals surface area contributed by atoms with E-state index >= 15 is 0 Å². The Morgan fingerprint density at radius 2 is 1.77 bits per heavy atom. The van der Waals surface area contributed by atoms with Gasteiger partial charge in [0.05, 0.1) is 0 Å². The molecule has 4 heteroatoms. The zero-order valence-corrected chi connectivity index (χ0v) is 13.5. The van der Waals surface area contributed by atoms with E-state index in [0.717, 1.165) is 30.8 Å². The van der Waals surface area contributed by atoms with Crippen molar-refractivity contribution in [2.45, 2.75) is 52.6 Å². The first-order chi connectivity index (χ1) is 10.4. The Morgan fingerprint density at radius 1 is 1.14 bits per heavy atom. The second-order valence-electron chi connectivity index (χ2n) is 7.80. The molecule has 0 radical (unpaired) electrons. The summed E-state index contributed by atoms with van der Waals surface area (Å²) < 4.78 is 11.0. The van der Waals surface area contributed by atoms with Crippen molar-refractivity contribution in [1.29, 1.82) is 0 Å². The van der Waals surface area contributed by atoms with Gasteiger partial charge in [-0.05, 0) is 47.9 Å². The van der Waals surface area contributed by atoms with E-state index in [1.165, 1.54) is 11.1 Å². The van der Waals surface area contributed by atoms with Gasteiger partial charge in [0, 0.05) is 18.5 Å². The second kappa shape index (κ2) is 4.64. The van der Waals surface area contributed by atoms with Crippen molar-refractivity contribution in [3.63, 3.8) is 0 Å². The Morgan fingerprint density at radius 3 is 2.36 bits per heavy atom. The van der Waals surface area contributed by atoms with Crippen molar-refractivity contribution in [1.82, 2.24) is 4.90 Å². The third kappa shape index (κ3) is 2.25. The summed E-state index contributed by atoms with van der Waals surface area (Å²) in [6.07, 6.45) is 3.01. The van der Waals surface area contributed by atoms with Gasteiger partial charge in [-0.2, -0.15) is 0 Å². The molecule has 1 aromatic rings. The van der Waals surface area contributed by atoms with Crippen LogP contribution in [0.3, 0.4) is 0 Å². The number of rotatable bonds is 1. The summed E-state index contributed by atoms with van der Waals surface area (Å²) in [5.74, 6) is 2.25. The number of amides is 1. The Hall–Kier alpha value is -1.71. The molecule has 1 saturated carbocycles. The first-order valence-electron chi connectivity index (χ1n) is 8.15. The molecule has 22 heavy (non-hydrogen) atoms. The highest BCUT2D eigenvalue weighted by atomic mass is 16.7. The molecule has 2 heterocycles. The van der Waals surface area contributed by atoms with Gasteiger partial charge in [0.1, 0.15) is 0 Å². The van der Waals surface area contributed by atoms with Crippen LogP contribution in [0.25, 0.3) is 0 Å². The smallest absolute Gasteiger partial charge is 0.231 e. The first kappa shape index (κ1) is 13.9. The molecule has 4 nitrogen and oxygen atoms in total. The predicted octanol–water partition coefficient (Wildman–Crippen LogP) is 3.12. The SMILES string of the molecule is CC(C)(C)C1Cc2cc3c(cc2CN1C(=O)C1CC1)OCO3. The van der Waals surface area contributed by atoms with E-state index in [9.17, 15) is 4.79 Å². The zero-order chi connectivity index (χ0) is 15.5. The minimum absolute atomic E-state index is 0.0681. The van der Waals surface area contributed by atoms with Crippen LogP contribution < -0.4 is 9.47 Å². The lowest BCUT2D eigenvalue weighted by Gasteiger charge is -2.44. The molecular formula is C18H23NO3. The van der Waals surface area contributed by atoms with Gasteiger partial charge in [-0.3, -0.25) is 4.79 Å². The first-order valence-corrected chi connectivity index (χ1v) is 8.15. The quantitative estimate of drug-likeness (QED) is 0.800. The predicted molar refractivity (Wildman–Crippen MR) is 82.8 cm³/mol. The zero-order valence-electron chi connectivity index (χ0n) is 13.5. The number of hydrogen-bond donors (Lipinski definition) is 0. The van der Waals surface area contributed by atoms with Crippen molar-refractivity contribution in [2.75, 3.05) is 6.79 Å². The molecule has 1 fully saturated rings. The molecule has 0 saturated heterocycles. The largest absolute Gasteiger partial charge is 0.454 e.